The Balaban J connectivity index is 1.14. The summed E-state index contributed by atoms with van der Waals surface area (Å²) >= 11 is 1.23. The minimum absolute atomic E-state index is 0.0227. The van der Waals surface area contributed by atoms with Crippen LogP contribution in [0.3, 0.4) is 0 Å². The number of alkyl halides is 2. The molecule has 0 radical (unpaired) electrons. The molecule has 3 aliphatic rings. The molecule has 6 rings (SSSR count). The number of piperidine rings is 1. The van der Waals surface area contributed by atoms with Gasteiger partial charge in [0.1, 0.15) is 10.7 Å². The summed E-state index contributed by atoms with van der Waals surface area (Å²) in [4.78, 5) is 28.5. The Hall–Kier alpha value is -3.55. The van der Waals surface area contributed by atoms with Crippen LogP contribution in [0.25, 0.3) is 0 Å². The van der Waals surface area contributed by atoms with Crippen molar-refractivity contribution in [1.29, 1.82) is 0 Å². The number of ether oxygens (including phenoxy) is 1. The summed E-state index contributed by atoms with van der Waals surface area (Å²) in [6.45, 7) is 5.26. The average Bonchev–Trinajstić information content (AvgIpc) is 3.65. The van der Waals surface area contributed by atoms with Crippen LogP contribution in [-0.4, -0.2) is 83.6 Å². The summed E-state index contributed by atoms with van der Waals surface area (Å²) < 4.78 is 31.8. The molecule has 1 amide bonds. The van der Waals surface area contributed by atoms with Crippen LogP contribution in [0.2, 0.25) is 0 Å². The number of halogens is 2. The Labute approximate surface area is 247 Å². The van der Waals surface area contributed by atoms with E-state index in [-0.39, 0.29) is 11.7 Å². The van der Waals surface area contributed by atoms with E-state index in [0.29, 0.717) is 34.2 Å². The maximum Gasteiger partial charge on any atom is 0.387 e. The third kappa shape index (κ3) is 6.27. The van der Waals surface area contributed by atoms with E-state index in [1.165, 1.54) is 30.7 Å². The highest BCUT2D eigenvalue weighted by Gasteiger charge is 2.34. The van der Waals surface area contributed by atoms with Crippen molar-refractivity contribution >= 4 is 46.1 Å². The molecule has 3 fully saturated rings. The molecule has 1 atom stereocenters. The molecular formula is C29H36F2N8O2S. The van der Waals surface area contributed by atoms with Crippen LogP contribution < -0.4 is 26.0 Å². The van der Waals surface area contributed by atoms with Crippen LogP contribution in [-0.2, 0) is 0 Å². The molecule has 3 saturated heterocycles. The zero-order valence-electron chi connectivity index (χ0n) is 23.6. The number of aromatic nitrogens is 2. The molecule has 5 heterocycles. The van der Waals surface area contributed by atoms with Crippen LogP contribution in [0.4, 0.5) is 37.6 Å². The molecule has 1 aromatic carbocycles. The lowest BCUT2D eigenvalue weighted by atomic mass is 10.00. The molecule has 0 unspecified atom stereocenters. The molecule has 10 nitrogen and oxygen atoms in total. The first-order chi connectivity index (χ1) is 20.3. The zero-order valence-corrected chi connectivity index (χ0v) is 24.4. The number of benzene rings is 1. The number of primary amides is 1. The number of nitrogens with zero attached hydrogens (tertiary/aromatic N) is 5. The standard InChI is InChI=1S/C29H36F2N8O2S/c1-18-16-33-29(36-27(18)34-23-8-14-42-25(23)26(32)40)35-22-5-4-20(15-24(22)41-28(30)31)38-10-6-19(7-11-38)39-13-12-37-9-2-3-21(37)17-39/h4-5,8,14-16,19,21,28H,2-3,6-7,9-13,17H2,1H3,(H2,32,40)(H2,33,34,35,36)/t21-/m1/s1. The minimum atomic E-state index is -2.98. The van der Waals surface area contributed by atoms with E-state index in [1.54, 1.807) is 29.8 Å². The van der Waals surface area contributed by atoms with Gasteiger partial charge in [-0.05, 0) is 62.7 Å². The second kappa shape index (κ2) is 12.4. The molecule has 0 bridgehead atoms. The number of carbonyl (C=O) groups is 1. The quantitative estimate of drug-likeness (QED) is 0.320. The van der Waals surface area contributed by atoms with Crippen molar-refractivity contribution < 1.29 is 18.3 Å². The molecule has 0 aliphatic carbocycles. The fourth-order valence-electron chi connectivity index (χ4n) is 6.32. The van der Waals surface area contributed by atoms with Crippen molar-refractivity contribution in [1.82, 2.24) is 19.8 Å². The number of hydrogen-bond donors (Lipinski definition) is 3. The lowest BCUT2D eigenvalue weighted by Gasteiger charge is -2.45. The smallest absolute Gasteiger partial charge is 0.387 e. The maximum atomic E-state index is 13.4. The van der Waals surface area contributed by atoms with Crippen LogP contribution >= 0.6 is 11.3 Å². The van der Waals surface area contributed by atoms with Gasteiger partial charge >= 0.3 is 6.61 Å². The highest BCUT2D eigenvalue weighted by molar-refractivity contribution is 7.12. The van der Waals surface area contributed by atoms with Crippen LogP contribution in [0.15, 0.2) is 35.8 Å². The SMILES string of the molecule is Cc1cnc(Nc2ccc(N3CCC(N4CCN5CCC[C@@H]5C4)CC3)cc2OC(F)F)nc1Nc1ccsc1C(N)=O. The molecule has 3 aromatic rings. The number of nitrogens with two attached hydrogens (primary N) is 1. The predicted octanol–water partition coefficient (Wildman–Crippen LogP) is 4.78. The van der Waals surface area contributed by atoms with Crippen molar-refractivity contribution in [2.45, 2.75) is 51.3 Å². The summed E-state index contributed by atoms with van der Waals surface area (Å²) in [6.07, 6.45) is 6.32. The third-order valence-electron chi connectivity index (χ3n) is 8.51. The molecule has 13 heteroatoms. The summed E-state index contributed by atoms with van der Waals surface area (Å²) in [5.41, 5.74) is 7.91. The maximum absolute atomic E-state index is 13.4. The van der Waals surface area contributed by atoms with E-state index in [4.69, 9.17) is 10.5 Å². The van der Waals surface area contributed by atoms with Crippen LogP contribution in [0.5, 0.6) is 5.75 Å². The number of thiophene rings is 1. The highest BCUT2D eigenvalue weighted by Crippen LogP contribution is 2.35. The molecule has 0 spiro atoms. The number of fused-ring (bicyclic) bond motifs is 1. The first kappa shape index (κ1) is 28.6. The van der Waals surface area contributed by atoms with Gasteiger partial charge in [0.05, 0.1) is 11.4 Å². The van der Waals surface area contributed by atoms with E-state index >= 15 is 0 Å². The van der Waals surface area contributed by atoms with E-state index < -0.39 is 12.5 Å². The topological polar surface area (TPSA) is 112 Å². The Morgan fingerprint density at radius 1 is 1.05 bits per heavy atom. The number of hydrogen-bond acceptors (Lipinski definition) is 10. The number of piperazine rings is 1. The molecule has 42 heavy (non-hydrogen) atoms. The number of nitrogens with one attached hydrogen (secondary N) is 2. The normalized spacial score (nSPS) is 20.1. The van der Waals surface area contributed by atoms with Gasteiger partial charge in [-0.2, -0.15) is 13.8 Å². The van der Waals surface area contributed by atoms with Gasteiger partial charge in [0.25, 0.3) is 5.91 Å². The summed E-state index contributed by atoms with van der Waals surface area (Å²) in [5.74, 6) is 0.129. The van der Waals surface area contributed by atoms with Crippen molar-refractivity contribution in [2.24, 2.45) is 5.73 Å². The predicted molar refractivity (Wildman–Crippen MR) is 161 cm³/mol. The van der Waals surface area contributed by atoms with Crippen LogP contribution in [0.1, 0.15) is 40.9 Å². The number of amides is 1. The number of aryl methyl sites for hydroxylation is 1. The van der Waals surface area contributed by atoms with Gasteiger partial charge in [0.2, 0.25) is 5.95 Å². The van der Waals surface area contributed by atoms with E-state index in [9.17, 15) is 13.6 Å². The fraction of sp³-hybridized carbons (Fsp3) is 0.483. The Morgan fingerprint density at radius 2 is 1.86 bits per heavy atom. The highest BCUT2D eigenvalue weighted by atomic mass is 32.1. The second-order valence-corrected chi connectivity index (χ2v) is 12.0. The molecular weight excluding hydrogens is 562 g/mol. The molecule has 2 aromatic heterocycles. The van der Waals surface area contributed by atoms with Crippen molar-refractivity contribution in [3.63, 3.8) is 0 Å². The fourth-order valence-corrected chi connectivity index (χ4v) is 7.02. The minimum Gasteiger partial charge on any atom is -0.433 e. The number of rotatable bonds is 9. The third-order valence-corrected chi connectivity index (χ3v) is 9.44. The second-order valence-electron chi connectivity index (χ2n) is 11.1. The van der Waals surface area contributed by atoms with Gasteiger partial charge < -0.3 is 26.0 Å². The van der Waals surface area contributed by atoms with E-state index in [0.717, 1.165) is 56.8 Å². The monoisotopic (exact) mass is 598 g/mol. The zero-order chi connectivity index (χ0) is 29.2. The Kier molecular flexibility index (Phi) is 8.41. The van der Waals surface area contributed by atoms with Crippen molar-refractivity contribution in [3.05, 3.63) is 46.3 Å². The largest absolute Gasteiger partial charge is 0.433 e. The van der Waals surface area contributed by atoms with Gasteiger partial charge in [0, 0.05) is 68.3 Å². The van der Waals surface area contributed by atoms with Crippen molar-refractivity contribution in [2.75, 3.05) is 54.8 Å². The number of carbonyl (C=O) groups excluding carboxylic acids is 1. The molecule has 224 valence electrons. The number of anilines is 5. The van der Waals surface area contributed by atoms with Crippen LogP contribution in [0, 0.1) is 6.92 Å². The summed E-state index contributed by atoms with van der Waals surface area (Å²) in [5, 5.41) is 7.90. The average molecular weight is 599 g/mol. The molecule has 3 aliphatic heterocycles. The van der Waals surface area contributed by atoms with E-state index in [1.807, 2.05) is 13.0 Å². The summed E-state index contributed by atoms with van der Waals surface area (Å²) in [7, 11) is 0. The van der Waals surface area contributed by atoms with Gasteiger partial charge in [-0.25, -0.2) is 4.98 Å². The lowest BCUT2D eigenvalue weighted by Crippen LogP contribution is -2.55. The Bertz CT molecular complexity index is 1410. The Morgan fingerprint density at radius 3 is 2.64 bits per heavy atom. The molecule has 0 saturated carbocycles. The van der Waals surface area contributed by atoms with Gasteiger partial charge in [-0.1, -0.05) is 0 Å². The summed E-state index contributed by atoms with van der Waals surface area (Å²) in [6, 6.07) is 8.30. The van der Waals surface area contributed by atoms with Crippen molar-refractivity contribution in [3.8, 4) is 5.75 Å². The molecule has 4 N–H and O–H groups in total. The van der Waals surface area contributed by atoms with Gasteiger partial charge in [-0.15, -0.1) is 11.3 Å². The first-order valence-corrected chi connectivity index (χ1v) is 15.3. The van der Waals surface area contributed by atoms with Gasteiger partial charge in [-0.3, -0.25) is 14.6 Å². The van der Waals surface area contributed by atoms with Gasteiger partial charge in [0.15, 0.2) is 5.75 Å². The lowest BCUT2D eigenvalue weighted by molar-refractivity contribution is -0.0493. The first-order valence-electron chi connectivity index (χ1n) is 14.4. The van der Waals surface area contributed by atoms with E-state index in [2.05, 4.69) is 35.3 Å².